The van der Waals surface area contributed by atoms with Gasteiger partial charge >= 0.3 is 5.97 Å². The van der Waals surface area contributed by atoms with Crippen LogP contribution in [0.1, 0.15) is 6.92 Å². The zero-order valence-corrected chi connectivity index (χ0v) is 10.6. The van der Waals surface area contributed by atoms with Gasteiger partial charge in [-0.2, -0.15) is 0 Å². The Morgan fingerprint density at radius 3 is 2.53 bits per heavy atom. The van der Waals surface area contributed by atoms with Crippen LogP contribution in [-0.4, -0.2) is 24.1 Å². The van der Waals surface area contributed by atoms with Crippen molar-refractivity contribution in [3.8, 4) is 0 Å². The molecule has 1 aromatic rings. The Bertz CT molecular complexity index is 587. The van der Waals surface area contributed by atoms with Crippen LogP contribution in [0, 0.1) is 0 Å². The monoisotopic (exact) mass is 259 g/mol. The van der Waals surface area contributed by atoms with Crippen LogP contribution in [0.3, 0.4) is 0 Å². The lowest BCUT2D eigenvalue weighted by molar-refractivity contribution is -0.134. The van der Waals surface area contributed by atoms with Gasteiger partial charge in [0.15, 0.2) is 5.76 Å². The van der Waals surface area contributed by atoms with Crippen LogP contribution in [0.2, 0.25) is 0 Å². The van der Waals surface area contributed by atoms with Gasteiger partial charge in [0, 0.05) is 17.3 Å². The van der Waals surface area contributed by atoms with Crippen LogP contribution in [0.25, 0.3) is 0 Å². The smallest absolute Gasteiger partial charge is 0.332 e. The zero-order valence-electron chi connectivity index (χ0n) is 10.6. The summed E-state index contributed by atoms with van der Waals surface area (Å²) in [5, 5.41) is 9.75. The number of benzene rings is 1. The molecular weight excluding hydrogens is 246 g/mol. The number of hydrogen-bond acceptors (Lipinski definition) is 4. The van der Waals surface area contributed by atoms with E-state index in [4.69, 9.17) is 0 Å². The lowest BCUT2D eigenvalue weighted by atomic mass is 10.2. The predicted molar refractivity (Wildman–Crippen MR) is 69.4 cm³/mol. The molecule has 0 aliphatic carbocycles. The maximum atomic E-state index is 12.0. The number of allylic oxidation sites excluding steroid dienone is 1. The van der Waals surface area contributed by atoms with E-state index in [0.717, 1.165) is 0 Å². The first-order chi connectivity index (χ1) is 9.06. The molecule has 1 aromatic carbocycles. The first-order valence-electron chi connectivity index (χ1n) is 5.65. The molecule has 98 valence electrons. The highest BCUT2D eigenvalue weighted by atomic mass is 16.5. The molecule has 1 aliphatic rings. The minimum Gasteiger partial charge on any atom is -0.503 e. The van der Waals surface area contributed by atoms with E-state index in [1.807, 2.05) is 6.07 Å². The summed E-state index contributed by atoms with van der Waals surface area (Å²) in [6, 6.07) is 8.78. The van der Waals surface area contributed by atoms with Crippen molar-refractivity contribution in [1.29, 1.82) is 0 Å². The van der Waals surface area contributed by atoms with Gasteiger partial charge < -0.3 is 9.84 Å². The van der Waals surface area contributed by atoms with Gasteiger partial charge in [-0.05, 0) is 19.1 Å². The number of aliphatic hydroxyl groups excluding tert-OH is 1. The SMILES string of the molecule is COC(=O)/C=C1\C(C)=C(O)C(=O)N1c1ccccc1. The van der Waals surface area contributed by atoms with Gasteiger partial charge in [-0.1, -0.05) is 18.2 Å². The molecule has 5 nitrogen and oxygen atoms in total. The molecule has 0 aromatic heterocycles. The summed E-state index contributed by atoms with van der Waals surface area (Å²) < 4.78 is 4.56. The van der Waals surface area contributed by atoms with Crippen LogP contribution >= 0.6 is 0 Å². The van der Waals surface area contributed by atoms with E-state index in [-0.39, 0.29) is 5.76 Å². The van der Waals surface area contributed by atoms with Crippen molar-refractivity contribution in [1.82, 2.24) is 0 Å². The molecule has 1 aliphatic heterocycles. The van der Waals surface area contributed by atoms with E-state index in [9.17, 15) is 14.7 Å². The summed E-state index contributed by atoms with van der Waals surface area (Å²) in [7, 11) is 1.25. The molecule has 0 atom stereocenters. The average molecular weight is 259 g/mol. The van der Waals surface area contributed by atoms with E-state index < -0.39 is 11.9 Å². The number of anilines is 1. The Labute approximate surface area is 110 Å². The van der Waals surface area contributed by atoms with E-state index >= 15 is 0 Å². The summed E-state index contributed by atoms with van der Waals surface area (Å²) in [4.78, 5) is 24.7. The summed E-state index contributed by atoms with van der Waals surface area (Å²) in [5.41, 5.74) is 1.24. The van der Waals surface area contributed by atoms with Gasteiger partial charge in [-0.15, -0.1) is 0 Å². The molecule has 1 N–H and O–H groups in total. The molecule has 0 fully saturated rings. The summed E-state index contributed by atoms with van der Waals surface area (Å²) >= 11 is 0. The highest BCUT2D eigenvalue weighted by Crippen LogP contribution is 2.32. The number of aliphatic hydroxyl groups is 1. The molecule has 2 rings (SSSR count). The van der Waals surface area contributed by atoms with Gasteiger partial charge in [0.1, 0.15) is 0 Å². The first-order valence-corrected chi connectivity index (χ1v) is 5.65. The third-order valence-electron chi connectivity index (χ3n) is 2.86. The second-order valence-electron chi connectivity index (χ2n) is 4.00. The highest BCUT2D eigenvalue weighted by molar-refractivity contribution is 6.12. The third-order valence-corrected chi connectivity index (χ3v) is 2.86. The van der Waals surface area contributed by atoms with Crippen molar-refractivity contribution in [2.75, 3.05) is 12.0 Å². The van der Waals surface area contributed by atoms with Crippen LogP contribution in [0.15, 0.2) is 53.4 Å². The predicted octanol–water partition coefficient (Wildman–Crippen LogP) is 1.92. The number of nitrogens with zero attached hydrogens (tertiary/aromatic N) is 1. The Kier molecular flexibility index (Phi) is 3.37. The summed E-state index contributed by atoms with van der Waals surface area (Å²) in [6.07, 6.45) is 1.18. The van der Waals surface area contributed by atoms with Crippen molar-refractivity contribution in [3.05, 3.63) is 53.4 Å². The number of carbonyl (C=O) groups excluding carboxylic acids is 2. The van der Waals surface area contributed by atoms with Crippen molar-refractivity contribution in [2.45, 2.75) is 6.92 Å². The fourth-order valence-electron chi connectivity index (χ4n) is 1.84. The number of ether oxygens (including phenoxy) is 1. The third kappa shape index (κ3) is 2.22. The Morgan fingerprint density at radius 2 is 1.95 bits per heavy atom. The Morgan fingerprint density at radius 1 is 1.32 bits per heavy atom. The van der Waals surface area contributed by atoms with E-state index in [0.29, 0.717) is 17.0 Å². The second kappa shape index (κ2) is 4.97. The quantitative estimate of drug-likeness (QED) is 0.651. The van der Waals surface area contributed by atoms with Gasteiger partial charge in [-0.3, -0.25) is 9.69 Å². The largest absolute Gasteiger partial charge is 0.503 e. The molecule has 5 heteroatoms. The number of methoxy groups -OCH3 is 1. The molecule has 0 unspecified atom stereocenters. The fourth-order valence-corrected chi connectivity index (χ4v) is 1.84. The highest BCUT2D eigenvalue weighted by Gasteiger charge is 2.34. The Balaban J connectivity index is 2.51. The molecule has 0 radical (unpaired) electrons. The van der Waals surface area contributed by atoms with Crippen LogP contribution < -0.4 is 4.90 Å². The lowest BCUT2D eigenvalue weighted by Crippen LogP contribution is -2.26. The average Bonchev–Trinajstić information content (AvgIpc) is 2.64. The molecule has 1 amide bonds. The van der Waals surface area contributed by atoms with E-state index in [1.165, 1.54) is 18.1 Å². The summed E-state index contributed by atoms with van der Waals surface area (Å²) in [6.45, 7) is 1.57. The molecule has 1 heterocycles. The van der Waals surface area contributed by atoms with Crippen LogP contribution in [-0.2, 0) is 14.3 Å². The van der Waals surface area contributed by atoms with Gasteiger partial charge in [0.25, 0.3) is 5.91 Å². The number of hydrogen-bond donors (Lipinski definition) is 1. The molecule has 0 spiro atoms. The second-order valence-corrected chi connectivity index (χ2v) is 4.00. The first kappa shape index (κ1) is 12.9. The number of carbonyl (C=O) groups is 2. The van der Waals surface area contributed by atoms with Crippen molar-refractivity contribution < 1.29 is 19.4 Å². The van der Waals surface area contributed by atoms with Gasteiger partial charge in [0.2, 0.25) is 0 Å². The fraction of sp³-hybridized carbons (Fsp3) is 0.143. The van der Waals surface area contributed by atoms with Gasteiger partial charge in [0.05, 0.1) is 12.8 Å². The topological polar surface area (TPSA) is 66.8 Å². The van der Waals surface area contributed by atoms with E-state index in [2.05, 4.69) is 4.74 Å². The minimum absolute atomic E-state index is 0.320. The molecular formula is C14H13NO4. The maximum Gasteiger partial charge on any atom is 0.332 e. The molecule has 0 saturated heterocycles. The van der Waals surface area contributed by atoms with Gasteiger partial charge in [-0.25, -0.2) is 4.79 Å². The standard InChI is InChI=1S/C14H13NO4/c1-9-11(8-12(16)19-2)15(14(18)13(9)17)10-6-4-3-5-7-10/h3-8,17H,1-2H3/b11-8+. The molecule has 19 heavy (non-hydrogen) atoms. The number of esters is 1. The van der Waals surface area contributed by atoms with Crippen LogP contribution in [0.5, 0.6) is 0 Å². The number of amides is 1. The normalized spacial score (nSPS) is 17.3. The van der Waals surface area contributed by atoms with Crippen molar-refractivity contribution in [3.63, 3.8) is 0 Å². The minimum atomic E-state index is -0.585. The zero-order chi connectivity index (χ0) is 14.0. The summed E-state index contributed by atoms with van der Waals surface area (Å²) in [5.74, 6) is -1.50. The molecule has 0 saturated carbocycles. The van der Waals surface area contributed by atoms with Crippen molar-refractivity contribution >= 4 is 17.6 Å². The number of rotatable bonds is 2. The molecule has 0 bridgehead atoms. The maximum absolute atomic E-state index is 12.0. The Hall–Kier alpha value is -2.56. The number of para-hydroxylation sites is 1. The lowest BCUT2D eigenvalue weighted by Gasteiger charge is -2.18. The van der Waals surface area contributed by atoms with Crippen LogP contribution in [0.4, 0.5) is 5.69 Å². The van der Waals surface area contributed by atoms with Crippen molar-refractivity contribution in [2.24, 2.45) is 0 Å². The van der Waals surface area contributed by atoms with E-state index in [1.54, 1.807) is 31.2 Å².